The maximum Gasteiger partial charge on any atom is 0.252 e. The lowest BCUT2D eigenvalue weighted by Gasteiger charge is -2.05. The highest BCUT2D eigenvalue weighted by atomic mass is 16.5. The van der Waals surface area contributed by atoms with E-state index in [-0.39, 0.29) is 0 Å². The summed E-state index contributed by atoms with van der Waals surface area (Å²) in [5, 5.41) is 4.70. The fraction of sp³-hybridized carbons (Fsp3) is 0.421. The molecule has 0 amide bonds. The summed E-state index contributed by atoms with van der Waals surface area (Å²) in [6.07, 6.45) is 9.42. The quantitative estimate of drug-likeness (QED) is 0.714. The highest BCUT2D eigenvalue weighted by Gasteiger charge is 2.16. The number of aryl methyl sites for hydroxylation is 1. The van der Waals surface area contributed by atoms with Gasteiger partial charge in [-0.2, -0.15) is 9.50 Å². The first-order valence-electron chi connectivity index (χ1n) is 8.68. The van der Waals surface area contributed by atoms with Gasteiger partial charge in [0.1, 0.15) is 5.75 Å². The lowest BCUT2D eigenvalue weighted by Crippen LogP contribution is -1.99. The molecular weight excluding hydrogens is 300 g/mol. The minimum Gasteiger partial charge on any atom is -0.497 e. The minimum atomic E-state index is 0.671. The summed E-state index contributed by atoms with van der Waals surface area (Å²) in [5.74, 6) is 3.27. The van der Waals surface area contributed by atoms with Gasteiger partial charge in [-0.25, -0.2) is 4.98 Å². The van der Waals surface area contributed by atoms with Gasteiger partial charge in [0.15, 0.2) is 5.82 Å². The Hall–Kier alpha value is -2.43. The summed E-state index contributed by atoms with van der Waals surface area (Å²) < 4.78 is 7.08. The van der Waals surface area contributed by atoms with E-state index in [9.17, 15) is 0 Å². The number of ether oxygens (including phenoxy) is 1. The number of hydrogen-bond acceptors (Lipinski definition) is 4. The maximum absolute atomic E-state index is 5.23. The minimum absolute atomic E-state index is 0.671. The predicted molar refractivity (Wildman–Crippen MR) is 93.0 cm³/mol. The van der Waals surface area contributed by atoms with Crippen molar-refractivity contribution in [1.29, 1.82) is 0 Å². The molecule has 2 aromatic heterocycles. The summed E-state index contributed by atoms with van der Waals surface area (Å²) >= 11 is 0. The molecule has 1 aliphatic rings. The molecule has 124 valence electrons. The molecule has 4 rings (SSSR count). The molecule has 0 bridgehead atoms. The first-order chi connectivity index (χ1) is 11.8. The van der Waals surface area contributed by atoms with E-state index in [2.05, 4.69) is 9.97 Å². The van der Waals surface area contributed by atoms with E-state index in [1.54, 1.807) is 13.3 Å². The third-order valence-electron chi connectivity index (χ3n) is 4.92. The smallest absolute Gasteiger partial charge is 0.252 e. The SMILES string of the molecule is COc1ccc(-c2ccnc3nc(CCC4CCCC4)nn23)cc1. The monoisotopic (exact) mass is 322 g/mol. The Labute approximate surface area is 141 Å². The number of nitrogens with zero attached hydrogens (tertiary/aromatic N) is 4. The van der Waals surface area contributed by atoms with Crippen LogP contribution >= 0.6 is 0 Å². The topological polar surface area (TPSA) is 52.3 Å². The fourth-order valence-corrected chi connectivity index (χ4v) is 3.55. The van der Waals surface area contributed by atoms with Crippen molar-refractivity contribution in [3.05, 3.63) is 42.4 Å². The van der Waals surface area contributed by atoms with Crippen LogP contribution in [0.1, 0.15) is 37.9 Å². The van der Waals surface area contributed by atoms with Gasteiger partial charge in [-0.05, 0) is 42.7 Å². The van der Waals surface area contributed by atoms with Crippen LogP contribution in [-0.2, 0) is 6.42 Å². The van der Waals surface area contributed by atoms with Gasteiger partial charge >= 0.3 is 0 Å². The van der Waals surface area contributed by atoms with Crippen LogP contribution in [0.5, 0.6) is 5.75 Å². The summed E-state index contributed by atoms with van der Waals surface area (Å²) in [4.78, 5) is 8.98. The second-order valence-electron chi connectivity index (χ2n) is 6.49. The lowest BCUT2D eigenvalue weighted by molar-refractivity contribution is 0.415. The molecule has 0 unspecified atom stereocenters. The Morgan fingerprint density at radius 2 is 1.92 bits per heavy atom. The molecule has 1 aromatic carbocycles. The normalized spacial score (nSPS) is 15.2. The van der Waals surface area contributed by atoms with Crippen LogP contribution in [0, 0.1) is 5.92 Å². The molecule has 0 aliphatic heterocycles. The zero-order valence-electron chi connectivity index (χ0n) is 14.0. The van der Waals surface area contributed by atoms with Crippen molar-refractivity contribution >= 4 is 5.78 Å². The van der Waals surface area contributed by atoms with E-state index in [1.807, 2.05) is 34.8 Å². The van der Waals surface area contributed by atoms with Crippen molar-refractivity contribution in [2.45, 2.75) is 38.5 Å². The molecule has 0 spiro atoms. The van der Waals surface area contributed by atoms with Gasteiger partial charge in [-0.3, -0.25) is 0 Å². The zero-order valence-corrected chi connectivity index (χ0v) is 14.0. The predicted octanol–water partition coefficient (Wildman–Crippen LogP) is 3.92. The van der Waals surface area contributed by atoms with Crippen molar-refractivity contribution in [2.75, 3.05) is 7.11 Å². The second-order valence-corrected chi connectivity index (χ2v) is 6.49. The molecular formula is C19H22N4O. The molecule has 5 nitrogen and oxygen atoms in total. The van der Waals surface area contributed by atoms with Gasteiger partial charge in [-0.1, -0.05) is 25.7 Å². The van der Waals surface area contributed by atoms with Gasteiger partial charge in [0, 0.05) is 18.2 Å². The van der Waals surface area contributed by atoms with E-state index in [1.165, 1.54) is 32.1 Å². The highest BCUT2D eigenvalue weighted by Crippen LogP contribution is 2.28. The number of benzene rings is 1. The number of methoxy groups -OCH3 is 1. The average molecular weight is 322 g/mol. The van der Waals surface area contributed by atoms with Gasteiger partial charge in [0.25, 0.3) is 5.78 Å². The van der Waals surface area contributed by atoms with Gasteiger partial charge in [0.05, 0.1) is 12.8 Å². The lowest BCUT2D eigenvalue weighted by atomic mass is 10.0. The number of rotatable bonds is 5. The van der Waals surface area contributed by atoms with Crippen molar-refractivity contribution in [3.8, 4) is 17.0 Å². The van der Waals surface area contributed by atoms with Crippen molar-refractivity contribution in [3.63, 3.8) is 0 Å². The Bertz CT molecular complexity index is 819. The van der Waals surface area contributed by atoms with Crippen LogP contribution in [0.15, 0.2) is 36.5 Å². The standard InChI is InChI=1S/C19H22N4O/c1-24-16-9-7-15(8-10-16)17-12-13-20-19-21-18(22-23(17)19)11-6-14-4-2-3-5-14/h7-10,12-14H,2-6,11H2,1H3. The number of fused-ring (bicyclic) bond motifs is 1. The molecule has 5 heteroatoms. The summed E-state index contributed by atoms with van der Waals surface area (Å²) in [6.45, 7) is 0. The van der Waals surface area contributed by atoms with Crippen LogP contribution in [0.4, 0.5) is 0 Å². The molecule has 0 radical (unpaired) electrons. The molecule has 1 aliphatic carbocycles. The Balaban J connectivity index is 1.61. The summed E-state index contributed by atoms with van der Waals surface area (Å²) in [6, 6.07) is 9.96. The largest absolute Gasteiger partial charge is 0.497 e. The van der Waals surface area contributed by atoms with E-state index >= 15 is 0 Å². The maximum atomic E-state index is 5.23. The van der Waals surface area contributed by atoms with Crippen LogP contribution < -0.4 is 4.74 Å². The first-order valence-corrected chi connectivity index (χ1v) is 8.68. The highest BCUT2D eigenvalue weighted by molar-refractivity contribution is 5.62. The van der Waals surface area contributed by atoms with Crippen molar-refractivity contribution in [1.82, 2.24) is 19.6 Å². The van der Waals surface area contributed by atoms with Gasteiger partial charge in [0.2, 0.25) is 0 Å². The Kier molecular flexibility index (Phi) is 4.15. The average Bonchev–Trinajstić information content (AvgIpc) is 3.28. The summed E-state index contributed by atoms with van der Waals surface area (Å²) in [5.41, 5.74) is 2.08. The van der Waals surface area contributed by atoms with E-state index in [4.69, 9.17) is 9.84 Å². The van der Waals surface area contributed by atoms with Crippen molar-refractivity contribution < 1.29 is 4.74 Å². The zero-order chi connectivity index (χ0) is 16.4. The number of hydrogen-bond donors (Lipinski definition) is 0. The molecule has 24 heavy (non-hydrogen) atoms. The van der Waals surface area contributed by atoms with Crippen LogP contribution in [0.2, 0.25) is 0 Å². The Morgan fingerprint density at radius 1 is 1.12 bits per heavy atom. The third-order valence-corrected chi connectivity index (χ3v) is 4.92. The van der Waals surface area contributed by atoms with E-state index in [0.29, 0.717) is 5.78 Å². The van der Waals surface area contributed by atoms with Crippen molar-refractivity contribution in [2.24, 2.45) is 5.92 Å². The number of aromatic nitrogens is 4. The van der Waals surface area contributed by atoms with Crippen LogP contribution in [-0.4, -0.2) is 26.7 Å². The summed E-state index contributed by atoms with van der Waals surface area (Å²) in [7, 11) is 1.67. The Morgan fingerprint density at radius 3 is 2.67 bits per heavy atom. The molecule has 1 fully saturated rings. The molecule has 3 aromatic rings. The van der Waals surface area contributed by atoms with Crippen LogP contribution in [0.3, 0.4) is 0 Å². The molecule has 0 atom stereocenters. The van der Waals surface area contributed by atoms with E-state index in [0.717, 1.165) is 35.2 Å². The molecule has 2 heterocycles. The first kappa shape index (κ1) is 15.1. The third kappa shape index (κ3) is 2.98. The molecule has 0 N–H and O–H groups in total. The fourth-order valence-electron chi connectivity index (χ4n) is 3.55. The van der Waals surface area contributed by atoms with E-state index < -0.39 is 0 Å². The van der Waals surface area contributed by atoms with Crippen LogP contribution in [0.25, 0.3) is 17.0 Å². The van der Waals surface area contributed by atoms with Gasteiger partial charge in [-0.15, -0.1) is 5.10 Å². The van der Waals surface area contributed by atoms with Gasteiger partial charge < -0.3 is 4.74 Å². The molecule has 0 saturated heterocycles. The molecule has 1 saturated carbocycles. The second kappa shape index (κ2) is 6.59.